The highest BCUT2D eigenvalue weighted by Gasteiger charge is 2.34. The normalized spacial score (nSPS) is 27.0. The molecular formula is C20H29N3O2. The molecule has 1 aliphatic heterocycles. The first-order chi connectivity index (χ1) is 12.3. The van der Waals surface area contributed by atoms with Crippen LogP contribution in [-0.4, -0.2) is 48.6 Å². The Balaban J connectivity index is 1.26. The minimum Gasteiger partial charge on any atom is -0.492 e. The lowest BCUT2D eigenvalue weighted by molar-refractivity contribution is -0.124. The molecule has 1 amide bonds. The van der Waals surface area contributed by atoms with E-state index in [0.717, 1.165) is 30.8 Å². The van der Waals surface area contributed by atoms with Crippen molar-refractivity contribution >= 4 is 5.91 Å². The molecule has 2 fully saturated rings. The van der Waals surface area contributed by atoms with E-state index in [4.69, 9.17) is 4.74 Å². The molecule has 0 saturated heterocycles. The highest BCUT2D eigenvalue weighted by Crippen LogP contribution is 2.25. The molecule has 0 aromatic heterocycles. The van der Waals surface area contributed by atoms with E-state index < -0.39 is 0 Å². The van der Waals surface area contributed by atoms with Crippen molar-refractivity contribution in [1.82, 2.24) is 15.5 Å². The lowest BCUT2D eigenvalue weighted by Gasteiger charge is -2.40. The molecule has 2 atom stereocenters. The minimum absolute atomic E-state index is 0.141. The van der Waals surface area contributed by atoms with E-state index in [1.165, 1.54) is 32.1 Å². The molecule has 0 bridgehead atoms. The smallest absolute Gasteiger partial charge is 0.234 e. The third-order valence-electron chi connectivity index (χ3n) is 5.82. The first kappa shape index (κ1) is 16.9. The highest BCUT2D eigenvalue weighted by molar-refractivity contribution is 5.78. The highest BCUT2D eigenvalue weighted by atomic mass is 16.5. The number of rotatable bonds is 5. The number of ether oxygens (including phenoxy) is 1. The second-order valence-corrected chi connectivity index (χ2v) is 7.67. The van der Waals surface area contributed by atoms with Crippen molar-refractivity contribution in [2.75, 3.05) is 19.7 Å². The molecule has 3 aliphatic rings. The predicted octanol–water partition coefficient (Wildman–Crippen LogP) is 2.06. The van der Waals surface area contributed by atoms with Crippen LogP contribution >= 0.6 is 0 Å². The Morgan fingerprint density at radius 3 is 2.72 bits per heavy atom. The molecule has 1 heterocycles. The fourth-order valence-corrected chi connectivity index (χ4v) is 4.24. The van der Waals surface area contributed by atoms with Gasteiger partial charge in [0.15, 0.2) is 0 Å². The number of nitrogens with zero attached hydrogens (tertiary/aromatic N) is 1. The van der Waals surface area contributed by atoms with E-state index in [2.05, 4.69) is 21.6 Å². The van der Waals surface area contributed by atoms with Gasteiger partial charge in [-0.15, -0.1) is 0 Å². The number of benzene rings is 1. The molecule has 136 valence electrons. The number of hydrogen-bond donors (Lipinski definition) is 2. The molecule has 2 saturated carbocycles. The number of fused-ring (bicyclic) bond motifs is 1. The van der Waals surface area contributed by atoms with Crippen LogP contribution in [0.3, 0.4) is 0 Å². The molecule has 5 heteroatoms. The molecule has 0 unspecified atom stereocenters. The monoisotopic (exact) mass is 343 g/mol. The van der Waals surface area contributed by atoms with Crippen LogP contribution in [0.1, 0.15) is 44.1 Å². The molecular weight excluding hydrogens is 314 g/mol. The van der Waals surface area contributed by atoms with Crippen molar-refractivity contribution in [2.24, 2.45) is 0 Å². The summed E-state index contributed by atoms with van der Waals surface area (Å²) in [5, 5.41) is 7.00. The molecule has 4 rings (SSSR count). The SMILES string of the molecule is O=C(CN1CCOc2ccccc2C1)N[C@@H]1CC[C@@H]1NC1CCCC1. The van der Waals surface area contributed by atoms with Gasteiger partial charge in [-0.25, -0.2) is 0 Å². The lowest BCUT2D eigenvalue weighted by Crippen LogP contribution is -2.59. The third-order valence-corrected chi connectivity index (χ3v) is 5.82. The van der Waals surface area contributed by atoms with Crippen LogP contribution in [-0.2, 0) is 11.3 Å². The summed E-state index contributed by atoms with van der Waals surface area (Å²) in [5.74, 6) is 1.09. The number of carbonyl (C=O) groups is 1. The quantitative estimate of drug-likeness (QED) is 0.859. The van der Waals surface area contributed by atoms with E-state index in [-0.39, 0.29) is 5.91 Å². The van der Waals surface area contributed by atoms with Gasteiger partial charge in [0.25, 0.3) is 0 Å². The van der Waals surface area contributed by atoms with E-state index in [0.29, 0.717) is 31.3 Å². The second-order valence-electron chi connectivity index (χ2n) is 7.67. The van der Waals surface area contributed by atoms with Crippen molar-refractivity contribution < 1.29 is 9.53 Å². The maximum atomic E-state index is 12.5. The summed E-state index contributed by atoms with van der Waals surface area (Å²) < 4.78 is 5.78. The van der Waals surface area contributed by atoms with Gasteiger partial charge in [-0.05, 0) is 31.7 Å². The Hall–Kier alpha value is -1.59. The van der Waals surface area contributed by atoms with Crippen LogP contribution in [0.4, 0.5) is 0 Å². The Kier molecular flexibility index (Phi) is 5.22. The van der Waals surface area contributed by atoms with Gasteiger partial charge in [0.05, 0.1) is 6.54 Å². The van der Waals surface area contributed by atoms with E-state index >= 15 is 0 Å². The first-order valence-corrected chi connectivity index (χ1v) is 9.76. The van der Waals surface area contributed by atoms with Gasteiger partial charge in [-0.3, -0.25) is 9.69 Å². The van der Waals surface area contributed by atoms with Gasteiger partial charge >= 0.3 is 0 Å². The average Bonchev–Trinajstić information content (AvgIpc) is 3.03. The fourth-order valence-electron chi connectivity index (χ4n) is 4.24. The van der Waals surface area contributed by atoms with Crippen molar-refractivity contribution in [3.8, 4) is 5.75 Å². The van der Waals surface area contributed by atoms with Gasteiger partial charge < -0.3 is 15.4 Å². The average molecular weight is 343 g/mol. The van der Waals surface area contributed by atoms with Crippen LogP contribution in [0.2, 0.25) is 0 Å². The third kappa shape index (κ3) is 4.15. The Morgan fingerprint density at radius 2 is 1.92 bits per heavy atom. The molecule has 0 spiro atoms. The second kappa shape index (κ2) is 7.75. The number of amides is 1. The largest absolute Gasteiger partial charge is 0.492 e. The van der Waals surface area contributed by atoms with Gasteiger partial charge in [-0.1, -0.05) is 31.0 Å². The predicted molar refractivity (Wildman–Crippen MR) is 97.6 cm³/mol. The van der Waals surface area contributed by atoms with Crippen LogP contribution in [0.25, 0.3) is 0 Å². The minimum atomic E-state index is 0.141. The summed E-state index contributed by atoms with van der Waals surface area (Å²) in [5.41, 5.74) is 1.16. The molecule has 2 aliphatic carbocycles. The molecule has 0 radical (unpaired) electrons. The number of nitrogens with one attached hydrogen (secondary N) is 2. The van der Waals surface area contributed by atoms with Crippen LogP contribution < -0.4 is 15.4 Å². The maximum Gasteiger partial charge on any atom is 0.234 e. The van der Waals surface area contributed by atoms with E-state index in [1.807, 2.05) is 18.2 Å². The van der Waals surface area contributed by atoms with Crippen LogP contribution in [0.15, 0.2) is 24.3 Å². The molecule has 25 heavy (non-hydrogen) atoms. The number of hydrogen-bond acceptors (Lipinski definition) is 4. The zero-order valence-electron chi connectivity index (χ0n) is 14.9. The maximum absolute atomic E-state index is 12.5. The fraction of sp³-hybridized carbons (Fsp3) is 0.650. The van der Waals surface area contributed by atoms with E-state index in [1.54, 1.807) is 0 Å². The Bertz CT molecular complexity index is 600. The summed E-state index contributed by atoms with van der Waals surface area (Å²) in [6, 6.07) is 9.56. The van der Waals surface area contributed by atoms with Gasteiger partial charge in [0.1, 0.15) is 12.4 Å². The van der Waals surface area contributed by atoms with Crippen molar-refractivity contribution in [2.45, 2.75) is 63.2 Å². The molecule has 1 aromatic rings. The molecule has 5 nitrogen and oxygen atoms in total. The summed E-state index contributed by atoms with van der Waals surface area (Å²) in [6.07, 6.45) is 7.57. The van der Waals surface area contributed by atoms with Crippen LogP contribution in [0.5, 0.6) is 5.75 Å². The summed E-state index contributed by atoms with van der Waals surface area (Å²) >= 11 is 0. The van der Waals surface area contributed by atoms with Crippen molar-refractivity contribution in [1.29, 1.82) is 0 Å². The number of carbonyl (C=O) groups excluding carboxylic acids is 1. The topological polar surface area (TPSA) is 53.6 Å². The van der Waals surface area contributed by atoms with Crippen molar-refractivity contribution in [3.63, 3.8) is 0 Å². The summed E-state index contributed by atoms with van der Waals surface area (Å²) in [6.45, 7) is 2.65. The van der Waals surface area contributed by atoms with Crippen molar-refractivity contribution in [3.05, 3.63) is 29.8 Å². The van der Waals surface area contributed by atoms with Gasteiger partial charge in [-0.2, -0.15) is 0 Å². The van der Waals surface area contributed by atoms with Crippen LogP contribution in [0, 0.1) is 0 Å². The summed E-state index contributed by atoms with van der Waals surface area (Å²) in [4.78, 5) is 14.7. The van der Waals surface area contributed by atoms with Gasteiger partial charge in [0, 0.05) is 36.8 Å². The standard InChI is InChI=1S/C20H29N3O2/c24-20(22-18-10-9-17(18)21-16-6-2-3-7-16)14-23-11-12-25-19-8-4-1-5-15(19)13-23/h1,4-5,8,16-18,21H,2-3,6-7,9-14H2,(H,22,24)/t17-,18+/m0/s1. The summed E-state index contributed by atoms with van der Waals surface area (Å²) in [7, 11) is 0. The first-order valence-electron chi connectivity index (χ1n) is 9.76. The molecule has 1 aromatic carbocycles. The number of para-hydroxylation sites is 1. The zero-order chi connectivity index (χ0) is 17.1. The lowest BCUT2D eigenvalue weighted by atomic mass is 9.85. The zero-order valence-corrected chi connectivity index (χ0v) is 14.9. The molecule has 2 N–H and O–H groups in total. The van der Waals surface area contributed by atoms with Gasteiger partial charge in [0.2, 0.25) is 5.91 Å². The Morgan fingerprint density at radius 1 is 1.12 bits per heavy atom. The Labute approximate surface area is 150 Å². The van der Waals surface area contributed by atoms with E-state index in [9.17, 15) is 4.79 Å².